The summed E-state index contributed by atoms with van der Waals surface area (Å²) in [7, 11) is 0. The van der Waals surface area contributed by atoms with Gasteiger partial charge in [-0.1, -0.05) is 12.1 Å². The molecule has 0 aromatic heterocycles. The van der Waals surface area contributed by atoms with Crippen molar-refractivity contribution in [3.05, 3.63) is 54.1 Å². The molecule has 1 saturated heterocycles. The van der Waals surface area contributed by atoms with Gasteiger partial charge in [0, 0.05) is 31.0 Å². The first-order valence-electron chi connectivity index (χ1n) is 8.23. The summed E-state index contributed by atoms with van der Waals surface area (Å²) in [4.78, 5) is 2.36. The number of benzene rings is 2. The zero-order valence-electron chi connectivity index (χ0n) is 13.6. The lowest BCUT2D eigenvalue weighted by atomic mass is 10.2. The molecule has 3 rings (SSSR count). The molecule has 0 amide bonds. The fraction of sp³-hybridized carbons (Fsp3) is 0.368. The minimum absolute atomic E-state index is 0.701. The average molecular weight is 312 g/mol. The topological polar surface area (TPSA) is 33.7 Å². The lowest BCUT2D eigenvalue weighted by Crippen LogP contribution is -2.36. The van der Waals surface area contributed by atoms with Gasteiger partial charge in [0.25, 0.3) is 0 Å². The normalized spacial score (nSPS) is 14.6. The number of morpholine rings is 1. The molecule has 0 atom stereocenters. The van der Waals surface area contributed by atoms with Crippen molar-refractivity contribution < 1.29 is 9.47 Å². The molecule has 0 aliphatic carbocycles. The van der Waals surface area contributed by atoms with Gasteiger partial charge >= 0.3 is 0 Å². The van der Waals surface area contributed by atoms with E-state index in [1.165, 1.54) is 11.3 Å². The Morgan fingerprint density at radius 1 is 1.00 bits per heavy atom. The van der Waals surface area contributed by atoms with Crippen LogP contribution < -0.4 is 15.0 Å². The van der Waals surface area contributed by atoms with Gasteiger partial charge in [0.2, 0.25) is 0 Å². The van der Waals surface area contributed by atoms with Gasteiger partial charge in [-0.25, -0.2) is 0 Å². The second-order valence-corrected chi connectivity index (χ2v) is 5.58. The number of ether oxygens (including phenoxy) is 2. The third-order valence-electron chi connectivity index (χ3n) is 3.97. The number of nitrogens with zero attached hydrogens (tertiary/aromatic N) is 1. The third-order valence-corrected chi connectivity index (χ3v) is 3.97. The predicted octanol–water partition coefficient (Wildman–Crippen LogP) is 3.53. The van der Waals surface area contributed by atoms with Gasteiger partial charge < -0.3 is 19.7 Å². The molecule has 0 spiro atoms. The smallest absolute Gasteiger partial charge is 0.119 e. The molecule has 1 fully saturated rings. The lowest BCUT2D eigenvalue weighted by molar-refractivity contribution is 0.122. The van der Waals surface area contributed by atoms with Crippen LogP contribution in [0.4, 0.5) is 11.4 Å². The van der Waals surface area contributed by atoms with Crippen LogP contribution in [0.1, 0.15) is 12.5 Å². The molecule has 2 aromatic carbocycles. The second kappa shape index (κ2) is 7.88. The summed E-state index contributed by atoms with van der Waals surface area (Å²) in [6, 6.07) is 16.8. The Bertz CT molecular complexity index is 590. The minimum Gasteiger partial charge on any atom is -0.494 e. The van der Waals surface area contributed by atoms with Gasteiger partial charge in [0.1, 0.15) is 5.75 Å². The van der Waals surface area contributed by atoms with Crippen molar-refractivity contribution in [1.29, 1.82) is 0 Å². The van der Waals surface area contributed by atoms with Crippen molar-refractivity contribution in [3.63, 3.8) is 0 Å². The van der Waals surface area contributed by atoms with Crippen LogP contribution in [-0.2, 0) is 11.3 Å². The zero-order valence-corrected chi connectivity index (χ0v) is 13.6. The second-order valence-electron chi connectivity index (χ2n) is 5.58. The Morgan fingerprint density at radius 2 is 1.70 bits per heavy atom. The molecule has 0 unspecified atom stereocenters. The zero-order chi connectivity index (χ0) is 15.9. The number of nitrogens with one attached hydrogen (secondary N) is 1. The van der Waals surface area contributed by atoms with Crippen LogP contribution in [0.3, 0.4) is 0 Å². The maximum Gasteiger partial charge on any atom is 0.119 e. The van der Waals surface area contributed by atoms with Gasteiger partial charge in [-0.2, -0.15) is 0 Å². The van der Waals surface area contributed by atoms with E-state index >= 15 is 0 Å². The van der Waals surface area contributed by atoms with Gasteiger partial charge in [-0.05, 0) is 48.9 Å². The van der Waals surface area contributed by atoms with Crippen molar-refractivity contribution in [2.75, 3.05) is 43.1 Å². The van der Waals surface area contributed by atoms with Crippen LogP contribution in [0.5, 0.6) is 5.75 Å². The van der Waals surface area contributed by atoms with Gasteiger partial charge in [0.15, 0.2) is 0 Å². The van der Waals surface area contributed by atoms with E-state index in [-0.39, 0.29) is 0 Å². The van der Waals surface area contributed by atoms with E-state index in [1.54, 1.807) is 0 Å². The molecule has 2 aromatic rings. The largest absolute Gasteiger partial charge is 0.494 e. The molecule has 23 heavy (non-hydrogen) atoms. The highest BCUT2D eigenvalue weighted by Gasteiger charge is 2.10. The molecule has 4 nitrogen and oxygen atoms in total. The first-order chi connectivity index (χ1) is 11.3. The Morgan fingerprint density at radius 3 is 2.35 bits per heavy atom. The fourth-order valence-corrected chi connectivity index (χ4v) is 2.69. The van der Waals surface area contributed by atoms with E-state index < -0.39 is 0 Å². The summed E-state index contributed by atoms with van der Waals surface area (Å²) in [6.45, 7) is 7.08. The van der Waals surface area contributed by atoms with Gasteiger partial charge in [0.05, 0.1) is 19.8 Å². The van der Waals surface area contributed by atoms with Crippen LogP contribution >= 0.6 is 0 Å². The predicted molar refractivity (Wildman–Crippen MR) is 94.4 cm³/mol. The first-order valence-corrected chi connectivity index (χ1v) is 8.23. The van der Waals surface area contributed by atoms with E-state index in [2.05, 4.69) is 46.6 Å². The maximum atomic E-state index is 5.46. The molecule has 1 aliphatic rings. The summed E-state index contributed by atoms with van der Waals surface area (Å²) < 4.78 is 10.9. The Labute approximate surface area is 138 Å². The lowest BCUT2D eigenvalue weighted by Gasteiger charge is -2.28. The average Bonchev–Trinajstić information content (AvgIpc) is 2.63. The van der Waals surface area contributed by atoms with Crippen molar-refractivity contribution >= 4 is 11.4 Å². The molecule has 1 heterocycles. The van der Waals surface area contributed by atoms with Crippen LogP contribution in [-0.4, -0.2) is 32.9 Å². The number of anilines is 2. The molecule has 0 radical (unpaired) electrons. The number of rotatable bonds is 6. The highest BCUT2D eigenvalue weighted by molar-refractivity contribution is 5.55. The summed E-state index contributed by atoms with van der Waals surface area (Å²) in [5.41, 5.74) is 3.64. The van der Waals surface area contributed by atoms with Crippen molar-refractivity contribution in [1.82, 2.24) is 0 Å². The molecular formula is C19H24N2O2. The Balaban J connectivity index is 1.53. The van der Waals surface area contributed by atoms with Crippen molar-refractivity contribution in [2.45, 2.75) is 13.5 Å². The van der Waals surface area contributed by atoms with E-state index in [1.807, 2.05) is 19.1 Å². The molecule has 122 valence electrons. The van der Waals surface area contributed by atoms with E-state index in [4.69, 9.17) is 9.47 Å². The summed E-state index contributed by atoms with van der Waals surface area (Å²) in [6.07, 6.45) is 0. The monoisotopic (exact) mass is 312 g/mol. The molecular weight excluding hydrogens is 288 g/mol. The Hall–Kier alpha value is -2.20. The van der Waals surface area contributed by atoms with Crippen LogP contribution in [0.2, 0.25) is 0 Å². The van der Waals surface area contributed by atoms with Gasteiger partial charge in [-0.15, -0.1) is 0 Å². The molecule has 4 heteroatoms. The number of hydrogen-bond acceptors (Lipinski definition) is 4. The standard InChI is InChI=1S/C19H24N2O2/c1-2-23-19-9-3-16(4-10-19)15-20-17-5-7-18(8-6-17)21-11-13-22-14-12-21/h3-10,20H,2,11-15H2,1H3. The van der Waals surface area contributed by atoms with Crippen LogP contribution in [0.15, 0.2) is 48.5 Å². The first kappa shape index (κ1) is 15.7. The SMILES string of the molecule is CCOc1ccc(CNc2ccc(N3CCOCC3)cc2)cc1. The quantitative estimate of drug-likeness (QED) is 0.884. The molecule has 0 saturated carbocycles. The maximum absolute atomic E-state index is 5.46. The summed E-state index contributed by atoms with van der Waals surface area (Å²) in [5, 5.41) is 3.46. The minimum atomic E-state index is 0.701. The summed E-state index contributed by atoms with van der Waals surface area (Å²) in [5.74, 6) is 0.922. The molecule has 1 aliphatic heterocycles. The van der Waals surface area contributed by atoms with Gasteiger partial charge in [-0.3, -0.25) is 0 Å². The van der Waals surface area contributed by atoms with E-state index in [9.17, 15) is 0 Å². The van der Waals surface area contributed by atoms with E-state index in [0.29, 0.717) is 6.61 Å². The van der Waals surface area contributed by atoms with E-state index in [0.717, 1.165) is 44.3 Å². The van der Waals surface area contributed by atoms with Crippen LogP contribution in [0.25, 0.3) is 0 Å². The fourth-order valence-electron chi connectivity index (χ4n) is 2.69. The number of hydrogen-bond donors (Lipinski definition) is 1. The van der Waals surface area contributed by atoms with Crippen molar-refractivity contribution in [2.24, 2.45) is 0 Å². The van der Waals surface area contributed by atoms with Crippen LogP contribution in [0, 0.1) is 0 Å². The van der Waals surface area contributed by atoms with Crippen molar-refractivity contribution in [3.8, 4) is 5.75 Å². The highest BCUT2D eigenvalue weighted by Crippen LogP contribution is 2.20. The highest BCUT2D eigenvalue weighted by atomic mass is 16.5. The Kier molecular flexibility index (Phi) is 5.37. The molecule has 1 N–H and O–H groups in total. The third kappa shape index (κ3) is 4.39. The summed E-state index contributed by atoms with van der Waals surface area (Å²) >= 11 is 0. The molecule has 0 bridgehead atoms.